The molecule has 0 saturated carbocycles. The molecule has 5 nitrogen and oxygen atoms in total. The minimum Gasteiger partial charge on any atom is -0.391 e. The smallest absolute Gasteiger partial charge is 0.391 e. The Morgan fingerprint density at radius 1 is 1.26 bits per heavy atom. The quantitative estimate of drug-likeness (QED) is 0.743. The second-order valence-corrected chi connectivity index (χ2v) is 3.93. The van der Waals surface area contributed by atoms with Gasteiger partial charge in [0.15, 0.2) is 5.69 Å². The molecule has 1 rings (SSSR count). The van der Waals surface area contributed by atoms with Gasteiger partial charge >= 0.3 is 6.18 Å². The van der Waals surface area contributed by atoms with Crippen LogP contribution in [-0.2, 0) is 6.18 Å². The van der Waals surface area contributed by atoms with Gasteiger partial charge in [-0.15, -0.1) is 0 Å². The molecule has 0 aliphatic rings. The van der Waals surface area contributed by atoms with Gasteiger partial charge in [0.2, 0.25) is 5.95 Å². The minimum absolute atomic E-state index is 0.0331. The zero-order valence-corrected chi connectivity index (χ0v) is 10.8. The molecule has 8 heteroatoms. The van der Waals surface area contributed by atoms with E-state index >= 15 is 0 Å². The van der Waals surface area contributed by atoms with Crippen LogP contribution < -0.4 is 10.6 Å². The zero-order valence-electron chi connectivity index (χ0n) is 10.8. The zero-order chi connectivity index (χ0) is 14.5. The van der Waals surface area contributed by atoms with Crippen LogP contribution in [0.1, 0.15) is 26.0 Å². The molecule has 0 fully saturated rings. The maximum atomic E-state index is 12.7. The Balaban J connectivity index is 2.93. The summed E-state index contributed by atoms with van der Waals surface area (Å²) in [5.74, 6) is -0.0587. The normalized spacial score (nSPS) is 13.2. The second-order valence-electron chi connectivity index (χ2n) is 3.93. The first kappa shape index (κ1) is 15.5. The van der Waals surface area contributed by atoms with Crippen molar-refractivity contribution in [2.24, 2.45) is 0 Å². The summed E-state index contributed by atoms with van der Waals surface area (Å²) in [6.45, 7) is 4.06. The first-order chi connectivity index (χ1) is 8.86. The van der Waals surface area contributed by atoms with Crippen molar-refractivity contribution in [3.8, 4) is 0 Å². The number of aliphatic hydroxyl groups excluding tert-OH is 1. The van der Waals surface area contributed by atoms with Crippen molar-refractivity contribution in [3.63, 3.8) is 0 Å². The lowest BCUT2D eigenvalue weighted by Crippen LogP contribution is -2.20. The number of alkyl halides is 3. The van der Waals surface area contributed by atoms with Crippen LogP contribution in [0.25, 0.3) is 0 Å². The summed E-state index contributed by atoms with van der Waals surface area (Å²) in [6, 6.07) is 0.823. The molecule has 1 aromatic heterocycles. The number of hydrogen-bond donors (Lipinski definition) is 3. The number of aromatic nitrogens is 2. The molecule has 0 aromatic carbocycles. The lowest BCUT2D eigenvalue weighted by Gasteiger charge is -2.13. The highest BCUT2D eigenvalue weighted by molar-refractivity contribution is 5.43. The molecule has 0 radical (unpaired) electrons. The van der Waals surface area contributed by atoms with Crippen LogP contribution in [-0.4, -0.2) is 34.3 Å². The third kappa shape index (κ3) is 4.90. The SMILES string of the molecule is CCNc1nc(NCC(O)CC)cc(C(F)(F)F)n1. The van der Waals surface area contributed by atoms with E-state index in [-0.39, 0.29) is 18.3 Å². The topological polar surface area (TPSA) is 70.1 Å². The highest BCUT2D eigenvalue weighted by atomic mass is 19.4. The van der Waals surface area contributed by atoms with Gasteiger partial charge in [0.1, 0.15) is 5.82 Å². The van der Waals surface area contributed by atoms with Crippen molar-refractivity contribution in [1.29, 1.82) is 0 Å². The van der Waals surface area contributed by atoms with Crippen molar-refractivity contribution >= 4 is 11.8 Å². The minimum atomic E-state index is -4.53. The Kier molecular flexibility index (Phi) is 5.34. The lowest BCUT2D eigenvalue weighted by molar-refractivity contribution is -0.141. The number of aliphatic hydroxyl groups is 1. The van der Waals surface area contributed by atoms with E-state index in [1.54, 1.807) is 13.8 Å². The molecular formula is C11H17F3N4O. The summed E-state index contributed by atoms with van der Waals surface area (Å²) in [5.41, 5.74) is -1.02. The van der Waals surface area contributed by atoms with Gasteiger partial charge in [0.05, 0.1) is 6.10 Å². The van der Waals surface area contributed by atoms with E-state index in [2.05, 4.69) is 20.6 Å². The van der Waals surface area contributed by atoms with Crippen LogP contribution in [0, 0.1) is 0 Å². The van der Waals surface area contributed by atoms with Crippen LogP contribution in [0.4, 0.5) is 24.9 Å². The van der Waals surface area contributed by atoms with E-state index in [9.17, 15) is 18.3 Å². The molecule has 108 valence electrons. The van der Waals surface area contributed by atoms with E-state index in [1.807, 2.05) is 0 Å². The molecule has 0 spiro atoms. The predicted octanol–water partition coefficient (Wildman–Crippen LogP) is 2.11. The molecule has 0 saturated heterocycles. The van der Waals surface area contributed by atoms with Gasteiger partial charge in [-0.3, -0.25) is 0 Å². The molecule has 0 amide bonds. The average molecular weight is 278 g/mol. The molecule has 1 atom stereocenters. The first-order valence-corrected chi connectivity index (χ1v) is 5.98. The van der Waals surface area contributed by atoms with Crippen molar-refractivity contribution in [2.45, 2.75) is 32.5 Å². The van der Waals surface area contributed by atoms with E-state index in [1.165, 1.54) is 0 Å². The van der Waals surface area contributed by atoms with Gasteiger partial charge in [-0.05, 0) is 13.3 Å². The van der Waals surface area contributed by atoms with Gasteiger partial charge in [0, 0.05) is 19.2 Å². The fraction of sp³-hybridized carbons (Fsp3) is 0.636. The van der Waals surface area contributed by atoms with E-state index in [0.29, 0.717) is 13.0 Å². The highest BCUT2D eigenvalue weighted by Gasteiger charge is 2.33. The summed E-state index contributed by atoms with van der Waals surface area (Å²) in [4.78, 5) is 7.29. The molecule has 3 N–H and O–H groups in total. The Morgan fingerprint density at radius 2 is 1.95 bits per heavy atom. The van der Waals surface area contributed by atoms with E-state index < -0.39 is 18.0 Å². The number of nitrogens with one attached hydrogen (secondary N) is 2. The fourth-order valence-corrected chi connectivity index (χ4v) is 1.29. The third-order valence-corrected chi connectivity index (χ3v) is 2.34. The van der Waals surface area contributed by atoms with Crippen molar-refractivity contribution in [3.05, 3.63) is 11.8 Å². The van der Waals surface area contributed by atoms with E-state index in [4.69, 9.17) is 0 Å². The molecule has 19 heavy (non-hydrogen) atoms. The predicted molar refractivity (Wildman–Crippen MR) is 66.0 cm³/mol. The van der Waals surface area contributed by atoms with Gasteiger partial charge in [0.25, 0.3) is 0 Å². The Morgan fingerprint density at radius 3 is 2.47 bits per heavy atom. The number of halogens is 3. The number of rotatable bonds is 6. The molecule has 1 heterocycles. The van der Waals surface area contributed by atoms with Crippen molar-refractivity contribution in [1.82, 2.24) is 9.97 Å². The molecule has 0 bridgehead atoms. The summed E-state index contributed by atoms with van der Waals surface area (Å²) < 4.78 is 38.0. The number of nitrogens with zero attached hydrogens (tertiary/aromatic N) is 2. The van der Waals surface area contributed by atoms with E-state index in [0.717, 1.165) is 6.07 Å². The Bertz CT molecular complexity index is 411. The molecule has 1 unspecified atom stereocenters. The largest absolute Gasteiger partial charge is 0.433 e. The van der Waals surface area contributed by atoms with Crippen LogP contribution >= 0.6 is 0 Å². The number of anilines is 2. The summed E-state index contributed by atoms with van der Waals surface area (Å²) in [7, 11) is 0. The third-order valence-electron chi connectivity index (χ3n) is 2.34. The Labute approximate surface area is 109 Å². The molecule has 1 aromatic rings. The summed E-state index contributed by atoms with van der Waals surface area (Å²) >= 11 is 0. The molecular weight excluding hydrogens is 261 g/mol. The van der Waals surface area contributed by atoms with Crippen LogP contribution in [0.5, 0.6) is 0 Å². The standard InChI is InChI=1S/C11H17F3N4O/c1-3-7(19)6-16-9-5-8(11(12,13)14)17-10(18-9)15-4-2/h5,7,19H,3-4,6H2,1-2H3,(H2,15,16,17,18). The maximum absolute atomic E-state index is 12.7. The monoisotopic (exact) mass is 278 g/mol. The van der Waals surface area contributed by atoms with Crippen molar-refractivity contribution in [2.75, 3.05) is 23.7 Å². The summed E-state index contributed by atoms with van der Waals surface area (Å²) in [6.07, 6.45) is -4.66. The maximum Gasteiger partial charge on any atom is 0.433 e. The van der Waals surface area contributed by atoms with Crippen molar-refractivity contribution < 1.29 is 18.3 Å². The average Bonchev–Trinajstić information content (AvgIpc) is 2.35. The molecule has 0 aliphatic carbocycles. The van der Waals surface area contributed by atoms with Gasteiger partial charge in [-0.1, -0.05) is 6.92 Å². The summed E-state index contributed by atoms with van der Waals surface area (Å²) in [5, 5.41) is 14.7. The fourth-order valence-electron chi connectivity index (χ4n) is 1.29. The first-order valence-electron chi connectivity index (χ1n) is 5.98. The Hall–Kier alpha value is -1.57. The van der Waals surface area contributed by atoms with Crippen LogP contribution in [0.15, 0.2) is 6.07 Å². The molecule has 0 aliphatic heterocycles. The van der Waals surface area contributed by atoms with Crippen LogP contribution in [0.3, 0.4) is 0 Å². The van der Waals surface area contributed by atoms with Gasteiger partial charge in [-0.2, -0.15) is 18.2 Å². The van der Waals surface area contributed by atoms with Gasteiger partial charge in [-0.25, -0.2) is 4.98 Å². The second kappa shape index (κ2) is 6.55. The highest BCUT2D eigenvalue weighted by Crippen LogP contribution is 2.29. The van der Waals surface area contributed by atoms with Crippen LogP contribution in [0.2, 0.25) is 0 Å². The van der Waals surface area contributed by atoms with Gasteiger partial charge < -0.3 is 15.7 Å². The number of hydrogen-bond acceptors (Lipinski definition) is 5. The lowest BCUT2D eigenvalue weighted by atomic mass is 10.3.